The van der Waals surface area contributed by atoms with Gasteiger partial charge in [-0.05, 0) is 23.3 Å². The van der Waals surface area contributed by atoms with Gasteiger partial charge in [0.05, 0.1) is 12.7 Å². The van der Waals surface area contributed by atoms with Crippen molar-refractivity contribution in [2.45, 2.75) is 37.6 Å². The molecule has 2 saturated heterocycles. The highest BCUT2D eigenvalue weighted by Gasteiger charge is 2.47. The van der Waals surface area contributed by atoms with Gasteiger partial charge < -0.3 is 19.7 Å². The van der Waals surface area contributed by atoms with Gasteiger partial charge in [0.15, 0.2) is 0 Å². The Labute approximate surface area is 136 Å². The number of nitrogens with zero attached hydrogens (tertiary/aromatic N) is 1. The normalized spacial score (nSPS) is 28.6. The number of benzene rings is 1. The largest absolute Gasteiger partial charge is 0.493 e. The number of ether oxygens (including phenoxy) is 2. The van der Waals surface area contributed by atoms with Crippen LogP contribution in [0, 0.1) is 0 Å². The first-order valence-corrected chi connectivity index (χ1v) is 7.83. The molecule has 0 aromatic heterocycles. The molecule has 1 aromatic carbocycles. The van der Waals surface area contributed by atoms with Gasteiger partial charge in [-0.1, -0.05) is 6.07 Å². The molecule has 0 radical (unpaired) electrons. The second-order valence-electron chi connectivity index (χ2n) is 6.17. The molecule has 8 heteroatoms. The Hall–Kier alpha value is -2.22. The minimum absolute atomic E-state index is 0.00577. The van der Waals surface area contributed by atoms with Gasteiger partial charge in [0.25, 0.3) is 5.91 Å². The van der Waals surface area contributed by atoms with Gasteiger partial charge in [0.1, 0.15) is 17.8 Å². The molecule has 1 N–H and O–H groups in total. The van der Waals surface area contributed by atoms with E-state index in [4.69, 9.17) is 4.74 Å². The Morgan fingerprint density at radius 3 is 2.96 bits per heavy atom. The molecule has 0 aliphatic carbocycles. The van der Waals surface area contributed by atoms with E-state index in [1.807, 2.05) is 6.07 Å². The minimum Gasteiger partial charge on any atom is -0.493 e. The van der Waals surface area contributed by atoms with E-state index < -0.39 is 24.8 Å². The smallest absolute Gasteiger partial charge is 0.345 e. The van der Waals surface area contributed by atoms with Crippen LogP contribution in [-0.2, 0) is 20.7 Å². The third-order valence-electron chi connectivity index (χ3n) is 4.72. The topological polar surface area (TPSA) is 67.9 Å². The van der Waals surface area contributed by atoms with Crippen molar-refractivity contribution in [2.75, 3.05) is 13.2 Å². The number of alkyl halides is 2. The van der Waals surface area contributed by atoms with Gasteiger partial charge in [0, 0.05) is 19.4 Å². The van der Waals surface area contributed by atoms with Gasteiger partial charge in [-0.15, -0.1) is 0 Å². The summed E-state index contributed by atoms with van der Waals surface area (Å²) in [6.07, 6.45) is 0.0262. The summed E-state index contributed by atoms with van der Waals surface area (Å²) in [6, 6.07) is 3.85. The molecule has 1 unspecified atom stereocenters. The molecule has 0 spiro atoms. The number of halogens is 2. The molecule has 1 aromatic rings. The van der Waals surface area contributed by atoms with Crippen LogP contribution in [0.15, 0.2) is 18.2 Å². The molecule has 4 rings (SSSR count). The highest BCUT2D eigenvalue weighted by atomic mass is 19.3. The average Bonchev–Trinajstić information content (AvgIpc) is 3.16. The monoisotopic (exact) mass is 338 g/mol. The minimum atomic E-state index is -2.91. The van der Waals surface area contributed by atoms with Crippen LogP contribution in [-0.4, -0.2) is 48.6 Å². The van der Waals surface area contributed by atoms with Crippen molar-refractivity contribution in [1.29, 1.82) is 0 Å². The third kappa shape index (κ3) is 2.50. The van der Waals surface area contributed by atoms with Crippen LogP contribution < -0.4 is 10.1 Å². The van der Waals surface area contributed by atoms with E-state index >= 15 is 0 Å². The summed E-state index contributed by atoms with van der Waals surface area (Å²) in [6.45, 7) is -2.31. The highest BCUT2D eigenvalue weighted by Crippen LogP contribution is 2.33. The Bertz CT molecular complexity index is 697. The summed E-state index contributed by atoms with van der Waals surface area (Å²) in [5.74, 6) is 0.160. The molecular formula is C16H16F2N2O4. The van der Waals surface area contributed by atoms with Crippen LogP contribution in [0.4, 0.5) is 8.78 Å². The van der Waals surface area contributed by atoms with Crippen molar-refractivity contribution in [1.82, 2.24) is 10.2 Å². The standard InChI is InChI=1S/C16H16F2N2O4/c17-16(18)24-10-6-11-14(21)19-13(15(22)20(11)7-10)9-1-2-12-8(5-9)3-4-23-12/h1-2,5,10-11,13,16H,3-4,6-7H2,(H,19,21)/t10-,11+,13?/m1/s1. The van der Waals surface area contributed by atoms with Crippen LogP contribution in [0.25, 0.3) is 0 Å². The number of nitrogens with one attached hydrogen (secondary N) is 1. The number of carbonyl (C=O) groups excluding carboxylic acids is 2. The van der Waals surface area contributed by atoms with Gasteiger partial charge in [0.2, 0.25) is 5.91 Å². The number of piperazine rings is 1. The number of hydrogen-bond acceptors (Lipinski definition) is 4. The number of hydrogen-bond donors (Lipinski definition) is 1. The molecule has 0 bridgehead atoms. The van der Waals surface area contributed by atoms with E-state index in [2.05, 4.69) is 10.1 Å². The fourth-order valence-corrected chi connectivity index (χ4v) is 3.61. The lowest BCUT2D eigenvalue weighted by atomic mass is 9.98. The molecule has 0 saturated carbocycles. The van der Waals surface area contributed by atoms with Crippen LogP contribution in [0.3, 0.4) is 0 Å². The highest BCUT2D eigenvalue weighted by molar-refractivity contribution is 5.98. The summed E-state index contributed by atoms with van der Waals surface area (Å²) in [5, 5.41) is 2.70. The van der Waals surface area contributed by atoms with E-state index in [1.165, 1.54) is 4.90 Å². The van der Waals surface area contributed by atoms with Gasteiger partial charge in [-0.25, -0.2) is 0 Å². The van der Waals surface area contributed by atoms with E-state index in [1.54, 1.807) is 12.1 Å². The first-order valence-electron chi connectivity index (χ1n) is 7.83. The number of fused-ring (bicyclic) bond motifs is 2. The van der Waals surface area contributed by atoms with Crippen molar-refractivity contribution in [3.63, 3.8) is 0 Å². The third-order valence-corrected chi connectivity index (χ3v) is 4.72. The molecule has 2 amide bonds. The van der Waals surface area contributed by atoms with E-state index in [0.29, 0.717) is 12.2 Å². The first-order chi connectivity index (χ1) is 11.5. The quantitative estimate of drug-likeness (QED) is 0.893. The van der Waals surface area contributed by atoms with Crippen LogP contribution in [0.2, 0.25) is 0 Å². The molecule has 24 heavy (non-hydrogen) atoms. The van der Waals surface area contributed by atoms with Gasteiger partial charge in [-0.2, -0.15) is 8.78 Å². The van der Waals surface area contributed by atoms with Crippen molar-refractivity contribution < 1.29 is 27.8 Å². The van der Waals surface area contributed by atoms with Crippen molar-refractivity contribution in [3.05, 3.63) is 29.3 Å². The SMILES string of the molecule is O=C1NC(c2ccc3c(c2)CCO3)C(=O)N2C[C@H](OC(F)F)C[C@@H]12. The summed E-state index contributed by atoms with van der Waals surface area (Å²) < 4.78 is 34.7. The Morgan fingerprint density at radius 1 is 1.33 bits per heavy atom. The number of amides is 2. The molecule has 3 aliphatic rings. The predicted molar refractivity (Wildman–Crippen MR) is 77.5 cm³/mol. The number of rotatable bonds is 3. The zero-order chi connectivity index (χ0) is 16.8. The molecular weight excluding hydrogens is 322 g/mol. The molecule has 3 heterocycles. The Kier molecular flexibility index (Phi) is 3.64. The van der Waals surface area contributed by atoms with Crippen molar-refractivity contribution in [2.24, 2.45) is 0 Å². The van der Waals surface area contributed by atoms with E-state index in [-0.39, 0.29) is 24.8 Å². The number of carbonyl (C=O) groups is 2. The second kappa shape index (κ2) is 5.70. The summed E-state index contributed by atoms with van der Waals surface area (Å²) in [4.78, 5) is 26.4. The maximum Gasteiger partial charge on any atom is 0.345 e. The second-order valence-corrected chi connectivity index (χ2v) is 6.17. The molecule has 2 fully saturated rings. The zero-order valence-electron chi connectivity index (χ0n) is 12.7. The molecule has 3 aliphatic heterocycles. The molecule has 128 valence electrons. The van der Waals surface area contributed by atoms with Crippen molar-refractivity contribution >= 4 is 11.8 Å². The zero-order valence-corrected chi connectivity index (χ0v) is 12.7. The summed E-state index contributed by atoms with van der Waals surface area (Å²) >= 11 is 0. The van der Waals surface area contributed by atoms with Crippen molar-refractivity contribution in [3.8, 4) is 5.75 Å². The Balaban J connectivity index is 1.57. The maximum atomic E-state index is 12.7. The van der Waals surface area contributed by atoms with E-state index in [0.717, 1.165) is 17.7 Å². The van der Waals surface area contributed by atoms with Gasteiger partial charge >= 0.3 is 6.61 Å². The molecule has 6 nitrogen and oxygen atoms in total. The lowest BCUT2D eigenvalue weighted by Gasteiger charge is -2.34. The molecule has 3 atom stereocenters. The van der Waals surface area contributed by atoms with Crippen LogP contribution in [0.5, 0.6) is 5.75 Å². The first kappa shape index (κ1) is 15.3. The van der Waals surface area contributed by atoms with E-state index in [9.17, 15) is 18.4 Å². The lowest BCUT2D eigenvalue weighted by Crippen LogP contribution is -2.57. The van der Waals surface area contributed by atoms with Gasteiger partial charge in [-0.3, -0.25) is 9.59 Å². The predicted octanol–water partition coefficient (Wildman–Crippen LogP) is 1.00. The summed E-state index contributed by atoms with van der Waals surface area (Å²) in [5.41, 5.74) is 1.67. The Morgan fingerprint density at radius 2 is 2.17 bits per heavy atom. The fraction of sp³-hybridized carbons (Fsp3) is 0.500. The van der Waals surface area contributed by atoms with Crippen LogP contribution in [0.1, 0.15) is 23.6 Å². The average molecular weight is 338 g/mol. The van der Waals surface area contributed by atoms with Crippen LogP contribution >= 0.6 is 0 Å². The fourth-order valence-electron chi connectivity index (χ4n) is 3.61. The maximum absolute atomic E-state index is 12.7. The lowest BCUT2D eigenvalue weighted by molar-refractivity contribution is -0.160. The summed E-state index contributed by atoms with van der Waals surface area (Å²) in [7, 11) is 0.